The third-order valence-corrected chi connectivity index (χ3v) is 5.11. The van der Waals surface area contributed by atoms with Crippen molar-refractivity contribution in [2.75, 3.05) is 20.3 Å². The standard InChI is InChI=1S/C20H21N5OS/c1-26-14-13-25-19(18(23-20(25)27)16-5-2-3-9-22-16)17-6-4-12-24(17)15-7-10-21-11-8-15/h2-12,18-19H,13-14H2,1H3,(H,23,27)/t18-,19+/m0/s1. The Labute approximate surface area is 163 Å². The highest BCUT2D eigenvalue weighted by Gasteiger charge is 2.40. The van der Waals surface area contributed by atoms with Crippen LogP contribution in [0.4, 0.5) is 0 Å². The van der Waals surface area contributed by atoms with E-state index in [2.05, 4.69) is 43.1 Å². The summed E-state index contributed by atoms with van der Waals surface area (Å²) in [6, 6.07) is 14.1. The molecule has 4 rings (SSSR count). The van der Waals surface area contributed by atoms with Gasteiger partial charge in [0.2, 0.25) is 0 Å². The molecule has 138 valence electrons. The Kier molecular flexibility index (Phi) is 5.13. The molecule has 0 saturated carbocycles. The monoisotopic (exact) mass is 379 g/mol. The van der Waals surface area contributed by atoms with Crippen LogP contribution in [0.3, 0.4) is 0 Å². The van der Waals surface area contributed by atoms with Gasteiger partial charge in [-0.3, -0.25) is 9.97 Å². The van der Waals surface area contributed by atoms with Gasteiger partial charge < -0.3 is 19.5 Å². The maximum absolute atomic E-state index is 5.65. The van der Waals surface area contributed by atoms with E-state index in [1.807, 2.05) is 36.5 Å². The minimum Gasteiger partial charge on any atom is -0.383 e. The molecule has 1 aliphatic rings. The quantitative estimate of drug-likeness (QED) is 0.665. The Morgan fingerprint density at radius 1 is 1.11 bits per heavy atom. The molecule has 6 nitrogen and oxygen atoms in total. The third-order valence-electron chi connectivity index (χ3n) is 4.76. The number of methoxy groups -OCH3 is 1. The van der Waals surface area contributed by atoms with Crippen LogP contribution < -0.4 is 5.32 Å². The van der Waals surface area contributed by atoms with Crippen molar-refractivity contribution in [1.29, 1.82) is 0 Å². The van der Waals surface area contributed by atoms with Gasteiger partial charge in [-0.15, -0.1) is 0 Å². The number of nitrogens with one attached hydrogen (secondary N) is 1. The fourth-order valence-electron chi connectivity index (χ4n) is 3.53. The minimum absolute atomic E-state index is 0.00529. The van der Waals surface area contributed by atoms with Gasteiger partial charge >= 0.3 is 0 Å². The molecule has 1 aliphatic heterocycles. The average Bonchev–Trinajstić information content (AvgIpc) is 3.32. The van der Waals surface area contributed by atoms with E-state index in [9.17, 15) is 0 Å². The van der Waals surface area contributed by atoms with E-state index in [1.165, 1.54) is 0 Å². The van der Waals surface area contributed by atoms with Crippen LogP contribution in [0.15, 0.2) is 67.3 Å². The zero-order valence-corrected chi connectivity index (χ0v) is 15.8. The predicted molar refractivity (Wildman–Crippen MR) is 108 cm³/mol. The first-order valence-electron chi connectivity index (χ1n) is 8.84. The van der Waals surface area contributed by atoms with E-state index in [-0.39, 0.29) is 12.1 Å². The predicted octanol–water partition coefficient (Wildman–Crippen LogP) is 2.89. The van der Waals surface area contributed by atoms with Crippen molar-refractivity contribution in [2.45, 2.75) is 12.1 Å². The molecule has 0 aromatic carbocycles. The molecule has 27 heavy (non-hydrogen) atoms. The summed E-state index contributed by atoms with van der Waals surface area (Å²) in [5.41, 5.74) is 3.17. The Balaban J connectivity index is 1.78. The molecule has 0 aliphatic carbocycles. The van der Waals surface area contributed by atoms with Crippen LogP contribution in [-0.4, -0.2) is 44.8 Å². The zero-order valence-electron chi connectivity index (χ0n) is 15.0. The summed E-state index contributed by atoms with van der Waals surface area (Å²) < 4.78 is 7.49. The zero-order chi connectivity index (χ0) is 18.6. The van der Waals surface area contributed by atoms with Crippen molar-refractivity contribution in [1.82, 2.24) is 24.8 Å². The molecule has 0 radical (unpaired) electrons. The third kappa shape index (κ3) is 3.43. The summed E-state index contributed by atoms with van der Waals surface area (Å²) >= 11 is 5.65. The summed E-state index contributed by atoms with van der Waals surface area (Å²) in [6.07, 6.45) is 7.48. The molecular formula is C20H21N5OS. The van der Waals surface area contributed by atoms with Crippen molar-refractivity contribution in [3.05, 3.63) is 78.6 Å². The lowest BCUT2D eigenvalue weighted by Gasteiger charge is -2.28. The van der Waals surface area contributed by atoms with E-state index >= 15 is 0 Å². The second-order valence-electron chi connectivity index (χ2n) is 6.32. The summed E-state index contributed by atoms with van der Waals surface area (Å²) in [6.45, 7) is 1.31. The number of thiocarbonyl (C=S) groups is 1. The molecule has 3 aromatic heterocycles. The maximum Gasteiger partial charge on any atom is 0.170 e. The van der Waals surface area contributed by atoms with Crippen LogP contribution in [0.5, 0.6) is 0 Å². The molecule has 1 saturated heterocycles. The van der Waals surface area contributed by atoms with Gasteiger partial charge in [-0.25, -0.2) is 0 Å². The largest absolute Gasteiger partial charge is 0.383 e. The van der Waals surface area contributed by atoms with E-state index in [0.29, 0.717) is 13.2 Å². The van der Waals surface area contributed by atoms with Gasteiger partial charge in [0.1, 0.15) is 0 Å². The van der Waals surface area contributed by atoms with E-state index in [1.54, 1.807) is 19.5 Å². The number of hydrogen-bond acceptors (Lipinski definition) is 4. The molecule has 3 aromatic rings. The molecule has 7 heteroatoms. The molecule has 0 unspecified atom stereocenters. The number of ether oxygens (including phenoxy) is 1. The lowest BCUT2D eigenvalue weighted by Crippen LogP contribution is -2.33. The fourth-order valence-corrected chi connectivity index (χ4v) is 3.86. The van der Waals surface area contributed by atoms with E-state index in [0.717, 1.165) is 22.2 Å². The Hall–Kier alpha value is -2.77. The summed E-state index contributed by atoms with van der Waals surface area (Å²) in [7, 11) is 1.71. The highest BCUT2D eigenvalue weighted by Crippen LogP contribution is 2.39. The molecule has 1 N–H and O–H groups in total. The lowest BCUT2D eigenvalue weighted by molar-refractivity contribution is 0.163. The van der Waals surface area contributed by atoms with Gasteiger partial charge in [-0.05, 0) is 48.6 Å². The first kappa shape index (κ1) is 17.6. The Morgan fingerprint density at radius 2 is 1.96 bits per heavy atom. The highest BCUT2D eigenvalue weighted by molar-refractivity contribution is 7.80. The molecule has 1 fully saturated rings. The molecule has 0 amide bonds. The number of aromatic nitrogens is 3. The van der Waals surface area contributed by atoms with Gasteiger partial charge in [0.15, 0.2) is 5.11 Å². The summed E-state index contributed by atoms with van der Waals surface area (Å²) in [5.74, 6) is 0. The minimum atomic E-state index is -0.0361. The van der Waals surface area contributed by atoms with Crippen LogP contribution in [0, 0.1) is 0 Å². The summed E-state index contributed by atoms with van der Waals surface area (Å²) in [4.78, 5) is 10.9. The van der Waals surface area contributed by atoms with Gasteiger partial charge in [-0.2, -0.15) is 0 Å². The summed E-state index contributed by atoms with van der Waals surface area (Å²) in [5, 5.41) is 4.18. The SMILES string of the molecule is COCCN1C(=S)N[C@@H](c2ccccn2)[C@H]1c1cccn1-c1ccncc1. The topological polar surface area (TPSA) is 55.2 Å². The smallest absolute Gasteiger partial charge is 0.170 e. The first-order valence-corrected chi connectivity index (χ1v) is 9.25. The average molecular weight is 379 g/mol. The Morgan fingerprint density at radius 3 is 2.70 bits per heavy atom. The van der Waals surface area contributed by atoms with Crippen molar-refractivity contribution in [3.63, 3.8) is 0 Å². The van der Waals surface area contributed by atoms with E-state index in [4.69, 9.17) is 17.0 Å². The second kappa shape index (κ2) is 7.85. The van der Waals surface area contributed by atoms with E-state index < -0.39 is 0 Å². The molecule has 0 spiro atoms. The van der Waals surface area contributed by atoms with Crippen LogP contribution >= 0.6 is 12.2 Å². The lowest BCUT2D eigenvalue weighted by atomic mass is 10.0. The number of hydrogen-bond donors (Lipinski definition) is 1. The van der Waals surface area contributed by atoms with Gasteiger partial charge in [0, 0.05) is 49.8 Å². The van der Waals surface area contributed by atoms with Gasteiger partial charge in [0.25, 0.3) is 0 Å². The molecular weight excluding hydrogens is 358 g/mol. The number of nitrogens with zero attached hydrogens (tertiary/aromatic N) is 4. The number of pyridine rings is 2. The van der Waals surface area contributed by atoms with Crippen molar-refractivity contribution < 1.29 is 4.74 Å². The molecule has 4 heterocycles. The Bertz CT molecular complexity index is 899. The van der Waals surface area contributed by atoms with Crippen molar-refractivity contribution in [3.8, 4) is 5.69 Å². The van der Waals surface area contributed by atoms with Crippen LogP contribution in [0.2, 0.25) is 0 Å². The molecule has 2 atom stereocenters. The van der Waals surface area contributed by atoms with Crippen LogP contribution in [0.1, 0.15) is 23.5 Å². The fraction of sp³-hybridized carbons (Fsp3) is 0.250. The van der Waals surface area contributed by atoms with Crippen LogP contribution in [-0.2, 0) is 4.74 Å². The van der Waals surface area contributed by atoms with Gasteiger partial charge in [0.05, 0.1) is 24.4 Å². The van der Waals surface area contributed by atoms with Crippen molar-refractivity contribution >= 4 is 17.3 Å². The second-order valence-corrected chi connectivity index (χ2v) is 6.71. The number of rotatable bonds is 6. The molecule has 0 bridgehead atoms. The highest BCUT2D eigenvalue weighted by atomic mass is 32.1. The maximum atomic E-state index is 5.65. The first-order chi connectivity index (χ1) is 13.3. The van der Waals surface area contributed by atoms with Crippen molar-refractivity contribution in [2.24, 2.45) is 0 Å². The van der Waals surface area contributed by atoms with Gasteiger partial charge in [-0.1, -0.05) is 6.07 Å². The van der Waals surface area contributed by atoms with Crippen LogP contribution in [0.25, 0.3) is 5.69 Å². The normalized spacial score (nSPS) is 19.3.